The van der Waals surface area contributed by atoms with Crippen molar-refractivity contribution in [2.45, 2.75) is 13.8 Å². The molecule has 0 unspecified atom stereocenters. The summed E-state index contributed by atoms with van der Waals surface area (Å²) < 4.78 is 5.10. The number of hydrogen-bond acceptors (Lipinski definition) is 3. The van der Waals surface area contributed by atoms with Crippen LogP contribution in [0.2, 0.25) is 0 Å². The summed E-state index contributed by atoms with van der Waals surface area (Å²) in [6.07, 6.45) is 0. The molecule has 1 amide bonds. The third-order valence-corrected chi connectivity index (χ3v) is 2.40. The molecule has 0 saturated heterocycles. The standard InChI is InChI=1S/C13H20N2O2/c1-9(2)8-15(3)13(16)10-5-11(14)7-12(6-10)17-4/h5-7,9H,8,14H2,1-4H3. The number of nitrogens with zero attached hydrogens (tertiary/aromatic N) is 1. The number of nitrogens with two attached hydrogens (primary N) is 1. The Labute approximate surface area is 102 Å². The summed E-state index contributed by atoms with van der Waals surface area (Å²) in [4.78, 5) is 13.8. The molecule has 1 rings (SSSR count). The van der Waals surface area contributed by atoms with E-state index >= 15 is 0 Å². The van der Waals surface area contributed by atoms with Gasteiger partial charge in [-0.15, -0.1) is 0 Å². The van der Waals surface area contributed by atoms with E-state index in [-0.39, 0.29) is 5.91 Å². The highest BCUT2D eigenvalue weighted by Crippen LogP contribution is 2.19. The number of amides is 1. The Kier molecular flexibility index (Phi) is 4.37. The third kappa shape index (κ3) is 3.66. The van der Waals surface area contributed by atoms with Crippen LogP contribution in [0.25, 0.3) is 0 Å². The molecule has 0 aromatic heterocycles. The fourth-order valence-corrected chi connectivity index (χ4v) is 1.71. The van der Waals surface area contributed by atoms with Crippen molar-refractivity contribution >= 4 is 11.6 Å². The van der Waals surface area contributed by atoms with E-state index < -0.39 is 0 Å². The first-order valence-corrected chi connectivity index (χ1v) is 5.64. The number of methoxy groups -OCH3 is 1. The quantitative estimate of drug-likeness (QED) is 0.813. The molecule has 17 heavy (non-hydrogen) atoms. The zero-order valence-electron chi connectivity index (χ0n) is 10.9. The van der Waals surface area contributed by atoms with Crippen LogP contribution in [0.3, 0.4) is 0 Å². The predicted octanol–water partition coefficient (Wildman–Crippen LogP) is 2.01. The van der Waals surface area contributed by atoms with Gasteiger partial charge in [0.15, 0.2) is 0 Å². The van der Waals surface area contributed by atoms with Gasteiger partial charge in [-0.1, -0.05) is 13.8 Å². The maximum Gasteiger partial charge on any atom is 0.253 e. The molecular weight excluding hydrogens is 216 g/mol. The van der Waals surface area contributed by atoms with Crippen molar-refractivity contribution in [1.29, 1.82) is 0 Å². The Balaban J connectivity index is 2.91. The van der Waals surface area contributed by atoms with E-state index in [2.05, 4.69) is 13.8 Å². The first kappa shape index (κ1) is 13.4. The molecule has 4 nitrogen and oxygen atoms in total. The number of carbonyl (C=O) groups excluding carboxylic acids is 1. The third-order valence-electron chi connectivity index (χ3n) is 2.40. The Morgan fingerprint density at radius 3 is 2.59 bits per heavy atom. The van der Waals surface area contributed by atoms with Gasteiger partial charge < -0.3 is 15.4 Å². The Morgan fingerprint density at radius 1 is 1.41 bits per heavy atom. The van der Waals surface area contributed by atoms with Gasteiger partial charge in [0.25, 0.3) is 5.91 Å². The van der Waals surface area contributed by atoms with E-state index in [1.807, 2.05) is 0 Å². The van der Waals surface area contributed by atoms with Crippen LogP contribution in [-0.2, 0) is 0 Å². The summed E-state index contributed by atoms with van der Waals surface area (Å²) in [5, 5.41) is 0. The number of carbonyl (C=O) groups is 1. The van der Waals surface area contributed by atoms with E-state index in [0.717, 1.165) is 6.54 Å². The molecular formula is C13H20N2O2. The molecule has 0 aliphatic heterocycles. The second-order valence-electron chi connectivity index (χ2n) is 4.57. The van der Waals surface area contributed by atoms with Gasteiger partial charge in [-0.2, -0.15) is 0 Å². The second kappa shape index (κ2) is 5.57. The van der Waals surface area contributed by atoms with Crippen molar-refractivity contribution in [1.82, 2.24) is 4.90 Å². The Bertz CT molecular complexity index is 402. The number of ether oxygens (including phenoxy) is 1. The molecule has 1 aromatic carbocycles. The van der Waals surface area contributed by atoms with Crippen LogP contribution in [0.5, 0.6) is 5.75 Å². The zero-order valence-corrected chi connectivity index (χ0v) is 10.9. The maximum absolute atomic E-state index is 12.1. The zero-order chi connectivity index (χ0) is 13.0. The SMILES string of the molecule is COc1cc(N)cc(C(=O)N(C)CC(C)C)c1. The van der Waals surface area contributed by atoms with E-state index in [1.54, 1.807) is 37.3 Å². The largest absolute Gasteiger partial charge is 0.497 e. The fourth-order valence-electron chi connectivity index (χ4n) is 1.71. The van der Waals surface area contributed by atoms with Gasteiger partial charge in [-0.05, 0) is 18.1 Å². The van der Waals surface area contributed by atoms with E-state index in [0.29, 0.717) is 22.9 Å². The number of rotatable bonds is 4. The van der Waals surface area contributed by atoms with Crippen molar-refractivity contribution in [3.63, 3.8) is 0 Å². The maximum atomic E-state index is 12.1. The van der Waals surface area contributed by atoms with Crippen LogP contribution in [0, 0.1) is 5.92 Å². The van der Waals surface area contributed by atoms with Crippen molar-refractivity contribution in [2.75, 3.05) is 26.4 Å². The minimum absolute atomic E-state index is 0.0377. The monoisotopic (exact) mass is 236 g/mol. The van der Waals surface area contributed by atoms with Crippen molar-refractivity contribution in [3.05, 3.63) is 23.8 Å². The van der Waals surface area contributed by atoms with Crippen molar-refractivity contribution in [3.8, 4) is 5.75 Å². The van der Waals surface area contributed by atoms with Crippen molar-refractivity contribution < 1.29 is 9.53 Å². The van der Waals surface area contributed by atoms with Gasteiger partial charge in [0.1, 0.15) is 5.75 Å². The molecule has 0 heterocycles. The number of hydrogen-bond donors (Lipinski definition) is 1. The number of anilines is 1. The predicted molar refractivity (Wildman–Crippen MR) is 69.2 cm³/mol. The first-order valence-electron chi connectivity index (χ1n) is 5.64. The van der Waals surface area contributed by atoms with Gasteiger partial charge >= 0.3 is 0 Å². The van der Waals surface area contributed by atoms with E-state index in [1.165, 1.54) is 0 Å². The van der Waals surface area contributed by atoms with Crippen LogP contribution in [-0.4, -0.2) is 31.5 Å². The lowest BCUT2D eigenvalue weighted by Gasteiger charge is -2.19. The Morgan fingerprint density at radius 2 is 2.06 bits per heavy atom. The van der Waals surface area contributed by atoms with Crippen LogP contribution in [0.15, 0.2) is 18.2 Å². The summed E-state index contributed by atoms with van der Waals surface area (Å²) in [7, 11) is 3.35. The summed E-state index contributed by atoms with van der Waals surface area (Å²) >= 11 is 0. The van der Waals surface area contributed by atoms with Gasteiger partial charge in [-0.3, -0.25) is 4.79 Å². The van der Waals surface area contributed by atoms with Gasteiger partial charge in [0, 0.05) is 30.9 Å². The van der Waals surface area contributed by atoms with Crippen molar-refractivity contribution in [2.24, 2.45) is 5.92 Å². The lowest BCUT2D eigenvalue weighted by atomic mass is 10.1. The lowest BCUT2D eigenvalue weighted by molar-refractivity contribution is 0.0779. The average Bonchev–Trinajstić information content (AvgIpc) is 2.26. The molecule has 4 heteroatoms. The van der Waals surface area contributed by atoms with Crippen LogP contribution >= 0.6 is 0 Å². The smallest absolute Gasteiger partial charge is 0.253 e. The number of benzene rings is 1. The molecule has 0 radical (unpaired) electrons. The molecule has 0 aliphatic carbocycles. The highest BCUT2D eigenvalue weighted by atomic mass is 16.5. The fraction of sp³-hybridized carbons (Fsp3) is 0.462. The molecule has 0 fully saturated rings. The molecule has 0 bridgehead atoms. The molecule has 0 aliphatic rings. The van der Waals surface area contributed by atoms with E-state index in [4.69, 9.17) is 10.5 Å². The molecule has 0 spiro atoms. The molecule has 1 aromatic rings. The topological polar surface area (TPSA) is 55.6 Å². The molecule has 94 valence electrons. The highest BCUT2D eigenvalue weighted by molar-refractivity contribution is 5.95. The second-order valence-corrected chi connectivity index (χ2v) is 4.57. The van der Waals surface area contributed by atoms with Gasteiger partial charge in [-0.25, -0.2) is 0 Å². The molecule has 0 atom stereocenters. The molecule has 2 N–H and O–H groups in total. The number of nitrogen functional groups attached to an aromatic ring is 1. The lowest BCUT2D eigenvalue weighted by Crippen LogP contribution is -2.30. The summed E-state index contributed by atoms with van der Waals surface area (Å²) in [6.45, 7) is 4.86. The van der Waals surface area contributed by atoms with Crippen LogP contribution in [0.1, 0.15) is 24.2 Å². The minimum atomic E-state index is -0.0377. The average molecular weight is 236 g/mol. The first-order chi connectivity index (χ1) is 7.93. The summed E-state index contributed by atoms with van der Waals surface area (Å²) in [5.74, 6) is 1.00. The Hall–Kier alpha value is -1.71. The summed E-state index contributed by atoms with van der Waals surface area (Å²) in [6, 6.07) is 5.07. The van der Waals surface area contributed by atoms with E-state index in [9.17, 15) is 4.79 Å². The molecule has 0 saturated carbocycles. The van der Waals surface area contributed by atoms with Gasteiger partial charge in [0.2, 0.25) is 0 Å². The summed E-state index contributed by atoms with van der Waals surface area (Å²) in [5.41, 5.74) is 6.82. The van der Waals surface area contributed by atoms with Crippen LogP contribution in [0.4, 0.5) is 5.69 Å². The van der Waals surface area contributed by atoms with Gasteiger partial charge in [0.05, 0.1) is 7.11 Å². The minimum Gasteiger partial charge on any atom is -0.497 e. The normalized spacial score (nSPS) is 10.4. The highest BCUT2D eigenvalue weighted by Gasteiger charge is 2.14. The van der Waals surface area contributed by atoms with Crippen LogP contribution < -0.4 is 10.5 Å².